The second kappa shape index (κ2) is 7.04. The van der Waals surface area contributed by atoms with E-state index in [1.54, 1.807) is 31.2 Å². The van der Waals surface area contributed by atoms with Gasteiger partial charge >= 0.3 is 5.97 Å². The van der Waals surface area contributed by atoms with Gasteiger partial charge in [-0.3, -0.25) is 4.79 Å². The molecular weight excluding hydrogens is 306 g/mol. The first kappa shape index (κ1) is 17.7. The average molecular weight is 324 g/mol. The second-order valence-corrected chi connectivity index (χ2v) is 5.03. The molecule has 0 aromatic heterocycles. The van der Waals surface area contributed by atoms with Crippen LogP contribution in [-0.4, -0.2) is 21.3 Å². The van der Waals surface area contributed by atoms with Gasteiger partial charge in [0, 0.05) is 11.3 Å². The number of carboxylic acids is 1. The van der Waals surface area contributed by atoms with Gasteiger partial charge in [-0.25, -0.2) is 0 Å². The lowest BCUT2D eigenvalue weighted by Crippen LogP contribution is -2.13. The zero-order chi connectivity index (χ0) is 15.6. The van der Waals surface area contributed by atoms with Gasteiger partial charge in [0.05, 0.1) is 5.92 Å². The average Bonchev–Trinajstić information content (AvgIpc) is 2.44. The quantitative estimate of drug-likeness (QED) is 0.511. The lowest BCUT2D eigenvalue weighted by molar-refractivity contribution is -0.141. The van der Waals surface area contributed by atoms with E-state index in [9.17, 15) is 15.0 Å². The number of phenolic OH excluding ortho intramolecular Hbond substituents is 2. The lowest BCUT2D eigenvalue weighted by atomic mass is 9.94. The molecule has 0 aliphatic rings. The van der Waals surface area contributed by atoms with Crippen LogP contribution >= 0.6 is 12.4 Å². The molecule has 0 bridgehead atoms. The highest BCUT2D eigenvalue weighted by Crippen LogP contribution is 2.34. The highest BCUT2D eigenvalue weighted by molar-refractivity contribution is 5.85. The summed E-state index contributed by atoms with van der Waals surface area (Å²) in [5.41, 5.74) is 8.70. The van der Waals surface area contributed by atoms with Gasteiger partial charge in [-0.1, -0.05) is 31.2 Å². The molecule has 5 nitrogen and oxygen atoms in total. The maximum atomic E-state index is 11.0. The standard InChI is InChI=1S/C16H17NO4.ClH/c1-9(16(20)21)7-11-3-2-4-12(15(11)17)10-5-6-13(18)14(19)8-10;/h2-6,8-9,18-19H,7,17H2,1H3,(H,20,21);1H/t9-;/m0./s1. The van der Waals surface area contributed by atoms with Crippen molar-refractivity contribution in [3.8, 4) is 22.6 Å². The molecular formula is C16H18ClNO4. The number of rotatable bonds is 4. The number of phenols is 2. The number of nitrogens with two attached hydrogens (primary N) is 1. The maximum Gasteiger partial charge on any atom is 0.306 e. The van der Waals surface area contributed by atoms with Crippen molar-refractivity contribution in [2.24, 2.45) is 5.92 Å². The van der Waals surface area contributed by atoms with Crippen LogP contribution in [0.25, 0.3) is 11.1 Å². The first-order valence-corrected chi connectivity index (χ1v) is 6.52. The van der Waals surface area contributed by atoms with Gasteiger partial charge < -0.3 is 21.1 Å². The maximum absolute atomic E-state index is 11.0. The van der Waals surface area contributed by atoms with E-state index < -0.39 is 11.9 Å². The molecule has 5 N–H and O–H groups in total. The molecule has 0 saturated carbocycles. The Morgan fingerprint density at radius 3 is 2.45 bits per heavy atom. The summed E-state index contributed by atoms with van der Waals surface area (Å²) in [5.74, 6) is -1.83. The van der Waals surface area contributed by atoms with E-state index >= 15 is 0 Å². The number of hydrogen-bond acceptors (Lipinski definition) is 4. The van der Waals surface area contributed by atoms with E-state index in [0.717, 1.165) is 5.56 Å². The Kier molecular flexibility index (Phi) is 5.65. The molecule has 1 atom stereocenters. The van der Waals surface area contributed by atoms with Crippen molar-refractivity contribution in [2.45, 2.75) is 13.3 Å². The summed E-state index contributed by atoms with van der Waals surface area (Å²) in [4.78, 5) is 11.0. The van der Waals surface area contributed by atoms with E-state index in [4.69, 9.17) is 10.8 Å². The van der Waals surface area contributed by atoms with E-state index in [2.05, 4.69) is 0 Å². The van der Waals surface area contributed by atoms with Crippen molar-refractivity contribution >= 4 is 24.1 Å². The molecule has 2 aromatic carbocycles. The summed E-state index contributed by atoms with van der Waals surface area (Å²) >= 11 is 0. The van der Waals surface area contributed by atoms with Crippen LogP contribution in [0, 0.1) is 5.92 Å². The van der Waals surface area contributed by atoms with Gasteiger partial charge in [-0.15, -0.1) is 12.4 Å². The Labute approximate surface area is 134 Å². The summed E-state index contributed by atoms with van der Waals surface area (Å²) in [5, 5.41) is 27.9. The molecule has 0 heterocycles. The first-order valence-electron chi connectivity index (χ1n) is 6.52. The third-order valence-electron chi connectivity index (χ3n) is 3.43. The summed E-state index contributed by atoms with van der Waals surface area (Å²) < 4.78 is 0. The highest BCUT2D eigenvalue weighted by Gasteiger charge is 2.15. The first-order chi connectivity index (χ1) is 9.90. The molecule has 0 amide bonds. The van der Waals surface area contributed by atoms with Gasteiger partial charge in [0.1, 0.15) is 0 Å². The Balaban J connectivity index is 0.00000242. The molecule has 2 aromatic rings. The minimum atomic E-state index is -0.873. The number of carboxylic acid groups (broad SMARTS) is 1. The number of halogens is 1. The zero-order valence-corrected chi connectivity index (χ0v) is 12.8. The van der Waals surface area contributed by atoms with Crippen molar-refractivity contribution in [1.82, 2.24) is 0 Å². The SMILES string of the molecule is C[C@@H](Cc1cccc(-c2ccc(O)c(O)c2)c1N)C(=O)O.Cl. The number of anilines is 1. The van der Waals surface area contributed by atoms with Crippen LogP contribution in [0.2, 0.25) is 0 Å². The Bertz CT molecular complexity index is 688. The van der Waals surface area contributed by atoms with Crippen molar-refractivity contribution in [2.75, 3.05) is 5.73 Å². The topological polar surface area (TPSA) is 104 Å². The molecule has 0 spiro atoms. The fourth-order valence-corrected chi connectivity index (χ4v) is 2.15. The second-order valence-electron chi connectivity index (χ2n) is 5.03. The van der Waals surface area contributed by atoms with Crippen molar-refractivity contribution in [3.63, 3.8) is 0 Å². The van der Waals surface area contributed by atoms with Crippen LogP contribution in [0.15, 0.2) is 36.4 Å². The fraction of sp³-hybridized carbons (Fsp3) is 0.188. The Morgan fingerprint density at radius 2 is 1.86 bits per heavy atom. The van der Waals surface area contributed by atoms with Gasteiger partial charge in [0.2, 0.25) is 0 Å². The number of para-hydroxylation sites is 1. The fourth-order valence-electron chi connectivity index (χ4n) is 2.15. The molecule has 6 heteroatoms. The Morgan fingerprint density at radius 1 is 1.18 bits per heavy atom. The summed E-state index contributed by atoms with van der Waals surface area (Å²) in [6.07, 6.45) is 0.332. The molecule has 2 rings (SSSR count). The lowest BCUT2D eigenvalue weighted by Gasteiger charge is -2.13. The minimum absolute atomic E-state index is 0. The van der Waals surface area contributed by atoms with E-state index in [-0.39, 0.29) is 23.9 Å². The highest BCUT2D eigenvalue weighted by atomic mass is 35.5. The molecule has 0 aliphatic carbocycles. The largest absolute Gasteiger partial charge is 0.504 e. The molecule has 118 valence electrons. The summed E-state index contributed by atoms with van der Waals surface area (Å²) in [6.45, 7) is 1.63. The third-order valence-corrected chi connectivity index (χ3v) is 3.43. The van der Waals surface area contributed by atoms with E-state index in [0.29, 0.717) is 23.2 Å². The molecule has 22 heavy (non-hydrogen) atoms. The predicted molar refractivity (Wildman–Crippen MR) is 87.4 cm³/mol. The zero-order valence-electron chi connectivity index (χ0n) is 12.0. The van der Waals surface area contributed by atoms with Crippen molar-refractivity contribution in [3.05, 3.63) is 42.0 Å². The van der Waals surface area contributed by atoms with Crippen LogP contribution < -0.4 is 5.73 Å². The third kappa shape index (κ3) is 3.62. The van der Waals surface area contributed by atoms with E-state index in [1.807, 2.05) is 0 Å². The molecule has 0 aliphatic heterocycles. The van der Waals surface area contributed by atoms with Gasteiger partial charge in [0.25, 0.3) is 0 Å². The number of aromatic hydroxyl groups is 2. The number of carbonyl (C=O) groups is 1. The smallest absolute Gasteiger partial charge is 0.306 e. The molecule has 0 radical (unpaired) electrons. The van der Waals surface area contributed by atoms with Crippen LogP contribution in [0.3, 0.4) is 0 Å². The normalized spacial score (nSPS) is 11.5. The molecule has 0 unspecified atom stereocenters. The molecule has 0 fully saturated rings. The predicted octanol–water partition coefficient (Wildman–Crippen LogP) is 3.03. The van der Waals surface area contributed by atoms with Crippen LogP contribution in [0.4, 0.5) is 5.69 Å². The summed E-state index contributed by atoms with van der Waals surface area (Å²) in [6, 6.07) is 9.82. The van der Waals surface area contributed by atoms with Crippen LogP contribution in [0.1, 0.15) is 12.5 Å². The number of benzene rings is 2. The number of hydrogen-bond donors (Lipinski definition) is 4. The van der Waals surface area contributed by atoms with Crippen molar-refractivity contribution in [1.29, 1.82) is 0 Å². The van der Waals surface area contributed by atoms with Crippen LogP contribution in [-0.2, 0) is 11.2 Å². The monoisotopic (exact) mass is 323 g/mol. The summed E-state index contributed by atoms with van der Waals surface area (Å²) in [7, 11) is 0. The van der Waals surface area contributed by atoms with Crippen molar-refractivity contribution < 1.29 is 20.1 Å². The van der Waals surface area contributed by atoms with E-state index in [1.165, 1.54) is 12.1 Å². The van der Waals surface area contributed by atoms with Gasteiger partial charge in [0.15, 0.2) is 11.5 Å². The van der Waals surface area contributed by atoms with Crippen LogP contribution in [0.5, 0.6) is 11.5 Å². The minimum Gasteiger partial charge on any atom is -0.504 e. The van der Waals surface area contributed by atoms with Gasteiger partial charge in [-0.2, -0.15) is 0 Å². The van der Waals surface area contributed by atoms with Gasteiger partial charge in [-0.05, 0) is 29.7 Å². The Hall–Kier alpha value is -2.40. The molecule has 0 saturated heterocycles. The number of nitrogen functional groups attached to an aromatic ring is 1. The number of aliphatic carboxylic acids is 1.